The maximum atomic E-state index is 6.34. The van der Waals surface area contributed by atoms with E-state index in [-0.39, 0.29) is 0 Å². The number of nitrogens with zero attached hydrogens (tertiary/aromatic N) is 2. The van der Waals surface area contributed by atoms with Crippen molar-refractivity contribution in [1.29, 1.82) is 0 Å². The number of aromatic nitrogens is 2. The first-order valence-electron chi connectivity index (χ1n) is 9.86. The molecule has 0 amide bonds. The Morgan fingerprint density at radius 3 is 2.27 bits per heavy atom. The molecule has 0 aliphatic carbocycles. The van der Waals surface area contributed by atoms with Crippen molar-refractivity contribution in [3.63, 3.8) is 0 Å². The zero-order valence-electron chi connectivity index (χ0n) is 16.5. The van der Waals surface area contributed by atoms with Crippen LogP contribution >= 0.6 is 23.2 Å². The van der Waals surface area contributed by atoms with Crippen molar-refractivity contribution >= 4 is 45.5 Å². The Labute approximate surface area is 185 Å². The van der Waals surface area contributed by atoms with Crippen molar-refractivity contribution < 1.29 is 4.74 Å². The Morgan fingerprint density at radius 2 is 1.57 bits per heavy atom. The normalized spacial score (nSPS) is 10.9. The van der Waals surface area contributed by atoms with Gasteiger partial charge in [0.15, 0.2) is 5.82 Å². The maximum Gasteiger partial charge on any atom is 0.161 e. The van der Waals surface area contributed by atoms with E-state index in [1.165, 1.54) is 0 Å². The topological polar surface area (TPSA) is 47.0 Å². The number of nitrogens with one attached hydrogen (secondary N) is 1. The average Bonchev–Trinajstić information content (AvgIpc) is 2.77. The molecule has 0 aliphatic heterocycles. The van der Waals surface area contributed by atoms with Crippen LogP contribution in [0.1, 0.15) is 19.8 Å². The first-order valence-corrected chi connectivity index (χ1v) is 10.6. The van der Waals surface area contributed by atoms with Gasteiger partial charge in [-0.25, -0.2) is 0 Å². The van der Waals surface area contributed by atoms with Crippen LogP contribution in [0.3, 0.4) is 0 Å². The number of para-hydroxylation sites is 1. The highest BCUT2D eigenvalue weighted by atomic mass is 35.5. The van der Waals surface area contributed by atoms with Crippen LogP contribution in [-0.2, 0) is 0 Å². The predicted molar refractivity (Wildman–Crippen MR) is 125 cm³/mol. The molecule has 4 nitrogen and oxygen atoms in total. The van der Waals surface area contributed by atoms with Gasteiger partial charge in [0.1, 0.15) is 11.4 Å². The Kier molecular flexibility index (Phi) is 6.36. The second-order valence-corrected chi connectivity index (χ2v) is 7.74. The van der Waals surface area contributed by atoms with Crippen molar-refractivity contribution in [3.8, 4) is 17.0 Å². The van der Waals surface area contributed by atoms with Crippen molar-refractivity contribution in [1.82, 2.24) is 10.2 Å². The molecule has 1 aromatic heterocycles. The van der Waals surface area contributed by atoms with E-state index in [4.69, 9.17) is 27.9 Å². The lowest BCUT2D eigenvalue weighted by atomic mass is 10.0. The minimum atomic E-state index is 0.471. The Bertz CT molecular complexity index is 1150. The number of hydrogen-bond donors (Lipinski definition) is 1. The van der Waals surface area contributed by atoms with E-state index in [9.17, 15) is 0 Å². The summed E-state index contributed by atoms with van der Waals surface area (Å²) in [6, 6.07) is 21.3. The van der Waals surface area contributed by atoms with Crippen molar-refractivity contribution in [2.75, 3.05) is 11.9 Å². The lowest BCUT2D eigenvalue weighted by Gasteiger charge is -2.13. The summed E-state index contributed by atoms with van der Waals surface area (Å²) in [4.78, 5) is 0. The molecule has 1 heterocycles. The maximum absolute atomic E-state index is 6.34. The summed E-state index contributed by atoms with van der Waals surface area (Å²) >= 11 is 12.7. The standard InChI is InChI=1S/C24H21Cl2N3O/c1-2-3-13-30-18-11-9-16(10-12-18)23-19-14-21(25)22(26)15-20(19)24(29-28-23)27-17-7-5-4-6-8-17/h4-12,14-15H,2-3,13H2,1H3,(H,27,29). The molecule has 0 aliphatic rings. The highest BCUT2D eigenvalue weighted by molar-refractivity contribution is 6.43. The van der Waals surface area contributed by atoms with E-state index in [0.29, 0.717) is 22.5 Å². The molecule has 0 fully saturated rings. The van der Waals surface area contributed by atoms with E-state index in [1.54, 1.807) is 0 Å². The molecule has 152 valence electrons. The number of anilines is 2. The Balaban J connectivity index is 1.74. The van der Waals surface area contributed by atoms with Crippen molar-refractivity contribution in [2.45, 2.75) is 19.8 Å². The first kappa shape index (κ1) is 20.5. The van der Waals surface area contributed by atoms with Crippen LogP contribution in [0.15, 0.2) is 66.7 Å². The zero-order chi connectivity index (χ0) is 20.9. The van der Waals surface area contributed by atoms with Crippen LogP contribution in [0.25, 0.3) is 22.0 Å². The number of benzene rings is 3. The molecule has 30 heavy (non-hydrogen) atoms. The van der Waals surface area contributed by atoms with Gasteiger partial charge in [-0.2, -0.15) is 0 Å². The third kappa shape index (κ3) is 4.50. The highest BCUT2D eigenvalue weighted by Gasteiger charge is 2.14. The molecule has 0 spiro atoms. The number of rotatable bonds is 7. The van der Waals surface area contributed by atoms with Gasteiger partial charge in [0.05, 0.1) is 16.7 Å². The second kappa shape index (κ2) is 9.33. The Morgan fingerprint density at radius 1 is 0.867 bits per heavy atom. The van der Waals surface area contributed by atoms with E-state index in [2.05, 4.69) is 22.4 Å². The van der Waals surface area contributed by atoms with Gasteiger partial charge < -0.3 is 10.1 Å². The number of hydrogen-bond acceptors (Lipinski definition) is 4. The number of unbranched alkanes of at least 4 members (excludes halogenated alkanes) is 1. The summed E-state index contributed by atoms with van der Waals surface area (Å²) in [5.41, 5.74) is 2.59. The van der Waals surface area contributed by atoms with Crippen LogP contribution in [0, 0.1) is 0 Å². The van der Waals surface area contributed by atoms with Gasteiger partial charge in [0.2, 0.25) is 0 Å². The van der Waals surface area contributed by atoms with Crippen molar-refractivity contribution in [3.05, 3.63) is 76.8 Å². The third-order valence-electron chi connectivity index (χ3n) is 4.75. The molecule has 3 aromatic carbocycles. The molecule has 6 heteroatoms. The molecule has 0 radical (unpaired) electrons. The molecule has 0 unspecified atom stereocenters. The van der Waals surface area contributed by atoms with E-state index < -0.39 is 0 Å². The van der Waals surface area contributed by atoms with Crippen molar-refractivity contribution in [2.24, 2.45) is 0 Å². The molecule has 0 saturated carbocycles. The molecule has 0 atom stereocenters. The number of fused-ring (bicyclic) bond motifs is 1. The van der Waals surface area contributed by atoms with Gasteiger partial charge in [-0.1, -0.05) is 54.7 Å². The van der Waals surface area contributed by atoms with E-state index in [1.807, 2.05) is 66.7 Å². The summed E-state index contributed by atoms with van der Waals surface area (Å²) < 4.78 is 5.76. The fraction of sp³-hybridized carbons (Fsp3) is 0.167. The van der Waals surface area contributed by atoms with Crippen LogP contribution in [0.2, 0.25) is 10.0 Å². The molecule has 0 saturated heterocycles. The molecule has 4 aromatic rings. The summed E-state index contributed by atoms with van der Waals surface area (Å²) in [5, 5.41) is 14.9. The summed E-state index contributed by atoms with van der Waals surface area (Å²) in [7, 11) is 0. The van der Waals surface area contributed by atoms with Crippen LogP contribution in [0.4, 0.5) is 11.5 Å². The molecular weight excluding hydrogens is 417 g/mol. The van der Waals surface area contributed by atoms with Gasteiger partial charge in [-0.15, -0.1) is 10.2 Å². The largest absolute Gasteiger partial charge is 0.494 e. The SMILES string of the molecule is CCCCOc1ccc(-c2nnc(Nc3ccccc3)c3cc(Cl)c(Cl)cc23)cc1. The summed E-state index contributed by atoms with van der Waals surface area (Å²) in [6.45, 7) is 2.86. The average molecular weight is 438 g/mol. The highest BCUT2D eigenvalue weighted by Crippen LogP contribution is 2.36. The fourth-order valence-corrected chi connectivity index (χ4v) is 3.48. The second-order valence-electron chi connectivity index (χ2n) is 6.93. The monoisotopic (exact) mass is 437 g/mol. The van der Waals surface area contributed by atoms with Gasteiger partial charge >= 0.3 is 0 Å². The van der Waals surface area contributed by atoms with Crippen LogP contribution in [-0.4, -0.2) is 16.8 Å². The van der Waals surface area contributed by atoms with Gasteiger partial charge in [-0.05, 0) is 55.0 Å². The minimum absolute atomic E-state index is 0.471. The van der Waals surface area contributed by atoms with Gasteiger partial charge in [-0.3, -0.25) is 0 Å². The predicted octanol–water partition coefficient (Wildman–Crippen LogP) is 7.53. The van der Waals surface area contributed by atoms with E-state index >= 15 is 0 Å². The lowest BCUT2D eigenvalue weighted by molar-refractivity contribution is 0.309. The smallest absolute Gasteiger partial charge is 0.161 e. The fourth-order valence-electron chi connectivity index (χ4n) is 3.15. The third-order valence-corrected chi connectivity index (χ3v) is 5.47. The van der Waals surface area contributed by atoms with Gasteiger partial charge in [0.25, 0.3) is 0 Å². The summed E-state index contributed by atoms with van der Waals surface area (Å²) in [5.74, 6) is 1.46. The molecule has 0 bridgehead atoms. The molecule has 1 N–H and O–H groups in total. The minimum Gasteiger partial charge on any atom is -0.494 e. The van der Waals surface area contributed by atoms with Crippen LogP contribution in [0.5, 0.6) is 5.75 Å². The van der Waals surface area contributed by atoms with Gasteiger partial charge in [0, 0.05) is 22.0 Å². The number of ether oxygens (including phenoxy) is 1. The van der Waals surface area contributed by atoms with E-state index in [0.717, 1.165) is 46.3 Å². The lowest BCUT2D eigenvalue weighted by Crippen LogP contribution is -2.00. The quantitative estimate of drug-likeness (QED) is 0.303. The first-order chi connectivity index (χ1) is 14.7. The summed E-state index contributed by atoms with van der Waals surface area (Å²) in [6.07, 6.45) is 2.14. The molecule has 4 rings (SSSR count). The van der Waals surface area contributed by atoms with Crippen LogP contribution < -0.4 is 10.1 Å². The zero-order valence-corrected chi connectivity index (χ0v) is 18.0. The Hall–Kier alpha value is -2.82. The number of halogens is 2. The molecular formula is C24H21Cl2N3O.